The van der Waals surface area contributed by atoms with E-state index in [1.165, 1.54) is 18.3 Å². The number of nitrogen functional groups attached to an aromatic ring is 1. The molecule has 1 aliphatic heterocycles. The molecule has 0 aromatic heterocycles. The lowest BCUT2D eigenvalue weighted by molar-refractivity contribution is 0.306. The standard InChI is InChI=1S/C26H23ClFN5O/c1-2-31-23-14-22(17-6-4-8-19(29)12-17)33-25(23)26(30)32-20-9-10-24(21(27)13-20)34-15-16-5-3-7-18(28)11-16/h2-14,32-33H,1,15,29-30H2/b26-25-,31-23-. The Hall–Kier alpha value is -4.23. The Morgan fingerprint density at radius 3 is 2.71 bits per heavy atom. The molecule has 0 saturated heterocycles. The summed E-state index contributed by atoms with van der Waals surface area (Å²) in [5.74, 6) is 0.505. The molecule has 8 heteroatoms. The van der Waals surface area contributed by atoms with Crippen molar-refractivity contribution in [1.82, 2.24) is 5.32 Å². The molecule has 6 N–H and O–H groups in total. The molecule has 1 aliphatic rings. The second-order valence-electron chi connectivity index (χ2n) is 7.48. The van der Waals surface area contributed by atoms with Crippen LogP contribution in [-0.2, 0) is 6.61 Å². The Balaban J connectivity index is 1.50. The van der Waals surface area contributed by atoms with Gasteiger partial charge in [-0.3, -0.25) is 4.99 Å². The van der Waals surface area contributed by atoms with Gasteiger partial charge in [-0.2, -0.15) is 0 Å². The van der Waals surface area contributed by atoms with Crippen LogP contribution in [0, 0.1) is 5.82 Å². The van der Waals surface area contributed by atoms with E-state index in [-0.39, 0.29) is 12.4 Å². The summed E-state index contributed by atoms with van der Waals surface area (Å²) in [6.45, 7) is 3.87. The van der Waals surface area contributed by atoms with E-state index >= 15 is 0 Å². The maximum atomic E-state index is 13.4. The number of nitrogens with zero attached hydrogens (tertiary/aromatic N) is 1. The lowest BCUT2D eigenvalue weighted by Crippen LogP contribution is -2.21. The molecule has 0 atom stereocenters. The number of hydrogen-bond acceptors (Lipinski definition) is 6. The van der Waals surface area contributed by atoms with Crippen molar-refractivity contribution >= 4 is 34.4 Å². The SMILES string of the molecule is C=C/N=C1/C=C(c2cccc(N)c2)N/C1=C(/N)Nc1ccc(OCc2cccc(F)c2)c(Cl)c1. The molecule has 0 spiro atoms. The van der Waals surface area contributed by atoms with Gasteiger partial charge in [-0.1, -0.05) is 42.4 Å². The number of benzene rings is 3. The van der Waals surface area contributed by atoms with E-state index in [0.717, 1.165) is 11.3 Å². The lowest BCUT2D eigenvalue weighted by atomic mass is 10.1. The Labute approximate surface area is 202 Å². The summed E-state index contributed by atoms with van der Waals surface area (Å²) < 4.78 is 19.1. The van der Waals surface area contributed by atoms with E-state index in [4.69, 9.17) is 27.8 Å². The highest BCUT2D eigenvalue weighted by atomic mass is 35.5. The van der Waals surface area contributed by atoms with E-state index < -0.39 is 0 Å². The van der Waals surface area contributed by atoms with E-state index in [9.17, 15) is 4.39 Å². The second-order valence-corrected chi connectivity index (χ2v) is 7.89. The number of hydrogen-bond donors (Lipinski definition) is 4. The fraction of sp³-hybridized carbons (Fsp3) is 0.0385. The smallest absolute Gasteiger partial charge is 0.138 e. The van der Waals surface area contributed by atoms with Crippen molar-refractivity contribution < 1.29 is 9.13 Å². The Morgan fingerprint density at radius 1 is 1.15 bits per heavy atom. The van der Waals surface area contributed by atoms with E-state index in [1.807, 2.05) is 30.3 Å². The Kier molecular flexibility index (Phi) is 6.85. The van der Waals surface area contributed by atoms with Crippen LogP contribution in [0.5, 0.6) is 5.75 Å². The van der Waals surface area contributed by atoms with Gasteiger partial charge in [0.25, 0.3) is 0 Å². The molecule has 0 saturated carbocycles. The zero-order valence-electron chi connectivity index (χ0n) is 18.2. The number of anilines is 2. The molecular formula is C26H23ClFN5O. The second kappa shape index (κ2) is 10.1. The molecule has 172 valence electrons. The maximum Gasteiger partial charge on any atom is 0.138 e. The first-order valence-corrected chi connectivity index (χ1v) is 10.8. The number of nitrogens with two attached hydrogens (primary N) is 2. The average molecular weight is 476 g/mol. The monoisotopic (exact) mass is 475 g/mol. The summed E-state index contributed by atoms with van der Waals surface area (Å²) in [5, 5.41) is 6.81. The molecular weight excluding hydrogens is 453 g/mol. The molecule has 6 nitrogen and oxygen atoms in total. The van der Waals surface area contributed by atoms with E-state index in [0.29, 0.717) is 44.9 Å². The van der Waals surface area contributed by atoms with E-state index in [2.05, 4.69) is 22.2 Å². The van der Waals surface area contributed by atoms with Gasteiger partial charge >= 0.3 is 0 Å². The minimum atomic E-state index is -0.316. The normalized spacial score (nSPS) is 15.5. The van der Waals surface area contributed by atoms with Crippen LogP contribution in [0.25, 0.3) is 5.70 Å². The predicted octanol–water partition coefficient (Wildman–Crippen LogP) is 5.41. The number of halogens is 2. The third-order valence-corrected chi connectivity index (χ3v) is 5.28. The van der Waals surface area contributed by atoms with Crippen molar-refractivity contribution in [1.29, 1.82) is 0 Å². The fourth-order valence-corrected chi connectivity index (χ4v) is 3.65. The quantitative estimate of drug-likeness (QED) is 0.342. The summed E-state index contributed by atoms with van der Waals surface area (Å²) in [5.41, 5.74) is 17.2. The zero-order valence-corrected chi connectivity index (χ0v) is 18.9. The molecule has 34 heavy (non-hydrogen) atoms. The highest BCUT2D eigenvalue weighted by Gasteiger charge is 2.20. The Morgan fingerprint density at radius 2 is 1.97 bits per heavy atom. The van der Waals surface area contributed by atoms with Crippen LogP contribution in [-0.4, -0.2) is 5.71 Å². The maximum absolute atomic E-state index is 13.4. The fourth-order valence-electron chi connectivity index (χ4n) is 3.41. The molecule has 0 fully saturated rings. The van der Waals surface area contributed by atoms with Crippen LogP contribution >= 0.6 is 11.6 Å². The summed E-state index contributed by atoms with van der Waals surface area (Å²) >= 11 is 6.40. The highest BCUT2D eigenvalue weighted by Crippen LogP contribution is 2.30. The topological polar surface area (TPSA) is 97.7 Å². The van der Waals surface area contributed by atoms with Crippen molar-refractivity contribution in [3.63, 3.8) is 0 Å². The van der Waals surface area contributed by atoms with Gasteiger partial charge in [0, 0.05) is 28.8 Å². The van der Waals surface area contributed by atoms with Crippen molar-refractivity contribution in [3.8, 4) is 5.75 Å². The summed E-state index contributed by atoms with van der Waals surface area (Å²) in [7, 11) is 0. The minimum Gasteiger partial charge on any atom is -0.487 e. The molecule has 0 radical (unpaired) electrons. The molecule has 1 heterocycles. The molecule has 3 aromatic rings. The first kappa shape index (κ1) is 22.9. The zero-order chi connectivity index (χ0) is 24.1. The summed E-state index contributed by atoms with van der Waals surface area (Å²) in [6.07, 6.45) is 3.32. The molecule has 3 aromatic carbocycles. The number of rotatable bonds is 7. The molecule has 0 amide bonds. The first-order chi connectivity index (χ1) is 16.4. The van der Waals surface area contributed by atoms with Crippen molar-refractivity contribution in [2.45, 2.75) is 6.61 Å². The third-order valence-electron chi connectivity index (χ3n) is 4.99. The summed E-state index contributed by atoms with van der Waals surface area (Å²) in [4.78, 5) is 4.32. The van der Waals surface area contributed by atoms with Crippen LogP contribution in [0.15, 0.2) is 102 Å². The van der Waals surface area contributed by atoms with Gasteiger partial charge in [0.15, 0.2) is 0 Å². The van der Waals surface area contributed by atoms with Gasteiger partial charge in [-0.15, -0.1) is 0 Å². The van der Waals surface area contributed by atoms with E-state index in [1.54, 1.807) is 30.3 Å². The summed E-state index contributed by atoms with van der Waals surface area (Å²) in [6, 6.07) is 18.9. The number of ether oxygens (including phenoxy) is 1. The van der Waals surface area contributed by atoms with Crippen molar-refractivity contribution in [2.24, 2.45) is 10.7 Å². The van der Waals surface area contributed by atoms with Gasteiger partial charge in [0.1, 0.15) is 29.7 Å². The lowest BCUT2D eigenvalue weighted by Gasteiger charge is -2.14. The highest BCUT2D eigenvalue weighted by molar-refractivity contribution is 6.32. The largest absolute Gasteiger partial charge is 0.487 e. The van der Waals surface area contributed by atoms with Crippen LogP contribution in [0.3, 0.4) is 0 Å². The number of allylic oxidation sites excluding steroid dienone is 1. The number of aliphatic imine (C=N–C) groups is 1. The minimum absolute atomic E-state index is 0.195. The van der Waals surface area contributed by atoms with Gasteiger partial charge in [0.05, 0.1) is 10.7 Å². The van der Waals surface area contributed by atoms with Gasteiger partial charge in [-0.25, -0.2) is 4.39 Å². The van der Waals surface area contributed by atoms with Crippen LogP contribution in [0.1, 0.15) is 11.1 Å². The molecule has 4 rings (SSSR count). The average Bonchev–Trinajstić information content (AvgIpc) is 3.23. The molecule has 0 bridgehead atoms. The Bertz CT molecular complexity index is 1330. The first-order valence-electron chi connectivity index (χ1n) is 10.4. The van der Waals surface area contributed by atoms with Gasteiger partial charge < -0.3 is 26.8 Å². The van der Waals surface area contributed by atoms with Crippen LogP contribution < -0.4 is 26.8 Å². The predicted molar refractivity (Wildman–Crippen MR) is 137 cm³/mol. The third kappa shape index (κ3) is 5.39. The van der Waals surface area contributed by atoms with Gasteiger partial charge in [0.2, 0.25) is 0 Å². The molecule has 0 aliphatic carbocycles. The van der Waals surface area contributed by atoms with Crippen LogP contribution in [0.2, 0.25) is 5.02 Å². The van der Waals surface area contributed by atoms with Crippen molar-refractivity contribution in [3.05, 3.63) is 119 Å². The number of nitrogens with one attached hydrogen (secondary N) is 2. The van der Waals surface area contributed by atoms with Crippen LogP contribution in [0.4, 0.5) is 15.8 Å². The van der Waals surface area contributed by atoms with Crippen molar-refractivity contribution in [2.75, 3.05) is 11.1 Å². The van der Waals surface area contributed by atoms with Gasteiger partial charge in [-0.05, 0) is 54.1 Å². The molecule has 0 unspecified atom stereocenters.